The second-order valence-corrected chi connectivity index (χ2v) is 6.76. The van der Waals surface area contributed by atoms with Crippen LogP contribution in [0, 0.1) is 6.92 Å². The highest BCUT2D eigenvalue weighted by Crippen LogP contribution is 2.35. The molecular formula is C17H20ClNS. The van der Waals surface area contributed by atoms with Gasteiger partial charge < -0.3 is 5.32 Å². The van der Waals surface area contributed by atoms with Gasteiger partial charge in [-0.1, -0.05) is 60.5 Å². The molecule has 20 heavy (non-hydrogen) atoms. The molecule has 2 atom stereocenters. The fraction of sp³-hybridized carbons (Fsp3) is 0.294. The fourth-order valence-electron chi connectivity index (χ4n) is 2.25. The van der Waals surface area contributed by atoms with Crippen LogP contribution in [-0.4, -0.2) is 12.3 Å². The van der Waals surface area contributed by atoms with Gasteiger partial charge in [-0.3, -0.25) is 0 Å². The maximum absolute atomic E-state index is 6.24. The highest BCUT2D eigenvalue weighted by Gasteiger charge is 2.19. The Balaban J connectivity index is 2.15. The molecule has 1 nitrogen and oxygen atoms in total. The van der Waals surface area contributed by atoms with Crippen LogP contribution in [0.1, 0.15) is 24.1 Å². The van der Waals surface area contributed by atoms with Crippen molar-refractivity contribution in [1.82, 2.24) is 5.32 Å². The average molecular weight is 306 g/mol. The van der Waals surface area contributed by atoms with E-state index in [0.29, 0.717) is 11.3 Å². The van der Waals surface area contributed by atoms with Crippen molar-refractivity contribution >= 4 is 23.4 Å². The lowest BCUT2D eigenvalue weighted by atomic mass is 10.0. The number of rotatable bonds is 5. The first kappa shape index (κ1) is 15.4. The third-order valence-electron chi connectivity index (χ3n) is 3.37. The third kappa shape index (κ3) is 3.78. The van der Waals surface area contributed by atoms with E-state index < -0.39 is 0 Å². The molecule has 0 aromatic heterocycles. The minimum Gasteiger partial charge on any atom is -0.312 e. The van der Waals surface area contributed by atoms with E-state index in [1.54, 1.807) is 0 Å². The predicted molar refractivity (Wildman–Crippen MR) is 89.8 cm³/mol. The smallest absolute Gasteiger partial charge is 0.0541 e. The van der Waals surface area contributed by atoms with E-state index in [1.165, 1.54) is 11.1 Å². The largest absolute Gasteiger partial charge is 0.312 e. The van der Waals surface area contributed by atoms with E-state index in [0.717, 1.165) is 9.92 Å². The van der Waals surface area contributed by atoms with Crippen LogP contribution in [0.4, 0.5) is 0 Å². The van der Waals surface area contributed by atoms with E-state index in [4.69, 9.17) is 11.6 Å². The van der Waals surface area contributed by atoms with Crippen molar-refractivity contribution in [2.24, 2.45) is 0 Å². The van der Waals surface area contributed by atoms with Crippen molar-refractivity contribution in [3.63, 3.8) is 0 Å². The highest BCUT2D eigenvalue weighted by atomic mass is 35.5. The van der Waals surface area contributed by atoms with Crippen molar-refractivity contribution in [3.05, 3.63) is 64.7 Å². The monoisotopic (exact) mass is 305 g/mol. The summed E-state index contributed by atoms with van der Waals surface area (Å²) in [5, 5.41) is 4.63. The molecule has 1 N–H and O–H groups in total. The number of halogens is 1. The van der Waals surface area contributed by atoms with Crippen LogP contribution < -0.4 is 5.32 Å². The Bertz CT molecular complexity index is 553. The fourth-order valence-corrected chi connectivity index (χ4v) is 3.69. The quantitative estimate of drug-likeness (QED) is 0.772. The van der Waals surface area contributed by atoms with Crippen molar-refractivity contribution < 1.29 is 0 Å². The number of thioether (sulfide) groups is 1. The Morgan fingerprint density at radius 3 is 2.30 bits per heavy atom. The van der Waals surface area contributed by atoms with Gasteiger partial charge in [-0.25, -0.2) is 0 Å². The summed E-state index contributed by atoms with van der Waals surface area (Å²) in [5.41, 5.74) is 2.60. The molecule has 0 aliphatic carbocycles. The predicted octanol–water partition coefficient (Wildman–Crippen LogP) is 5.09. The summed E-state index contributed by atoms with van der Waals surface area (Å²) in [6, 6.07) is 17.0. The summed E-state index contributed by atoms with van der Waals surface area (Å²) < 4.78 is 0. The summed E-state index contributed by atoms with van der Waals surface area (Å²) in [6.45, 7) is 4.34. The topological polar surface area (TPSA) is 12.0 Å². The first-order valence-electron chi connectivity index (χ1n) is 6.77. The molecule has 0 aliphatic rings. The molecule has 0 saturated carbocycles. The van der Waals surface area contributed by atoms with Gasteiger partial charge in [0.25, 0.3) is 0 Å². The molecule has 0 amide bonds. The number of nitrogens with one attached hydrogen (secondary N) is 1. The molecule has 2 aromatic rings. The van der Waals surface area contributed by atoms with E-state index in [2.05, 4.69) is 49.5 Å². The zero-order valence-corrected chi connectivity index (χ0v) is 13.6. The van der Waals surface area contributed by atoms with Gasteiger partial charge in [-0.15, -0.1) is 11.8 Å². The van der Waals surface area contributed by atoms with Crippen molar-refractivity contribution in [2.45, 2.75) is 30.0 Å². The average Bonchev–Trinajstić information content (AvgIpc) is 2.44. The van der Waals surface area contributed by atoms with E-state index in [1.807, 2.05) is 37.0 Å². The van der Waals surface area contributed by atoms with Gasteiger partial charge in [-0.2, -0.15) is 0 Å². The summed E-state index contributed by atoms with van der Waals surface area (Å²) in [6.07, 6.45) is 0. The second kappa shape index (κ2) is 7.16. The number of hydrogen-bond donors (Lipinski definition) is 1. The van der Waals surface area contributed by atoms with Crippen LogP contribution in [0.15, 0.2) is 53.4 Å². The molecule has 3 heteroatoms. The lowest BCUT2D eigenvalue weighted by Gasteiger charge is -2.24. The molecule has 2 rings (SSSR count). The first-order valence-corrected chi connectivity index (χ1v) is 8.02. The molecule has 0 radical (unpaired) electrons. The Hall–Kier alpha value is -0.960. The molecule has 0 bridgehead atoms. The molecule has 0 fully saturated rings. The molecule has 2 unspecified atom stereocenters. The van der Waals surface area contributed by atoms with Gasteiger partial charge in [0.05, 0.1) is 5.02 Å². The second-order valence-electron chi connectivity index (χ2n) is 4.93. The summed E-state index contributed by atoms with van der Waals surface area (Å²) >= 11 is 8.05. The van der Waals surface area contributed by atoms with Crippen molar-refractivity contribution in [2.75, 3.05) is 7.05 Å². The van der Waals surface area contributed by atoms with Gasteiger partial charge in [0.1, 0.15) is 0 Å². The molecule has 0 spiro atoms. The van der Waals surface area contributed by atoms with Crippen LogP contribution in [0.25, 0.3) is 0 Å². The Kier molecular flexibility index (Phi) is 5.53. The van der Waals surface area contributed by atoms with E-state index >= 15 is 0 Å². The Morgan fingerprint density at radius 2 is 1.70 bits per heavy atom. The normalized spacial score (nSPS) is 14.0. The van der Waals surface area contributed by atoms with Crippen LogP contribution in [0.3, 0.4) is 0 Å². The molecular weight excluding hydrogens is 286 g/mol. The van der Waals surface area contributed by atoms with Gasteiger partial charge in [0, 0.05) is 16.2 Å². The summed E-state index contributed by atoms with van der Waals surface area (Å²) in [4.78, 5) is 1.13. The molecule has 0 heterocycles. The van der Waals surface area contributed by atoms with Gasteiger partial charge in [0.15, 0.2) is 0 Å². The summed E-state index contributed by atoms with van der Waals surface area (Å²) in [5.74, 6) is 0. The zero-order valence-electron chi connectivity index (χ0n) is 12.1. The minimum absolute atomic E-state index is 0.303. The van der Waals surface area contributed by atoms with Gasteiger partial charge >= 0.3 is 0 Å². The van der Waals surface area contributed by atoms with Crippen LogP contribution in [0.5, 0.6) is 0 Å². The molecule has 0 saturated heterocycles. The first-order chi connectivity index (χ1) is 9.61. The van der Waals surface area contributed by atoms with Gasteiger partial charge in [0.2, 0.25) is 0 Å². The number of aryl methyl sites for hydroxylation is 1. The van der Waals surface area contributed by atoms with E-state index in [9.17, 15) is 0 Å². The zero-order chi connectivity index (χ0) is 14.5. The maximum atomic E-state index is 6.24. The molecule has 2 aromatic carbocycles. The van der Waals surface area contributed by atoms with Crippen molar-refractivity contribution in [3.8, 4) is 0 Å². The molecule has 106 valence electrons. The number of benzene rings is 2. The minimum atomic E-state index is 0.303. The van der Waals surface area contributed by atoms with Crippen LogP contribution in [0.2, 0.25) is 5.02 Å². The molecule has 0 aliphatic heterocycles. The SMILES string of the molecule is CNC(c1ccc(C)cc1)C(C)Sc1ccccc1Cl. The van der Waals surface area contributed by atoms with Gasteiger partial charge in [-0.05, 0) is 31.7 Å². The van der Waals surface area contributed by atoms with Crippen LogP contribution >= 0.6 is 23.4 Å². The highest BCUT2D eigenvalue weighted by molar-refractivity contribution is 8.00. The standard InChI is InChI=1S/C17H20ClNS/c1-12-8-10-14(11-9-12)17(19-3)13(2)20-16-7-5-4-6-15(16)18/h4-11,13,17,19H,1-3H3. The maximum Gasteiger partial charge on any atom is 0.0541 e. The lowest BCUT2D eigenvalue weighted by Crippen LogP contribution is -2.25. The van der Waals surface area contributed by atoms with Crippen molar-refractivity contribution in [1.29, 1.82) is 0 Å². The van der Waals surface area contributed by atoms with Crippen LogP contribution in [-0.2, 0) is 0 Å². The Labute approximate surface area is 130 Å². The third-order valence-corrected chi connectivity index (χ3v) is 5.06. The number of hydrogen-bond acceptors (Lipinski definition) is 2. The van der Waals surface area contributed by atoms with E-state index in [-0.39, 0.29) is 0 Å². The Morgan fingerprint density at radius 1 is 1.05 bits per heavy atom. The lowest BCUT2D eigenvalue weighted by molar-refractivity contribution is 0.589. The summed E-state index contributed by atoms with van der Waals surface area (Å²) in [7, 11) is 2.01.